The molecule has 3 fully saturated rings. The fourth-order valence-corrected chi connectivity index (χ4v) is 6.97. The minimum atomic E-state index is -1.28. The molecule has 6 atom stereocenters. The van der Waals surface area contributed by atoms with Gasteiger partial charge in [0.25, 0.3) is 5.91 Å². The van der Waals surface area contributed by atoms with Crippen molar-refractivity contribution in [2.75, 3.05) is 24.6 Å². The Balaban J connectivity index is 1.83. The highest BCUT2D eigenvalue weighted by atomic mass is 79.9. The number of benzene rings is 1. The molecule has 3 saturated heterocycles. The predicted octanol–water partition coefficient (Wildman–Crippen LogP) is 2.38. The highest BCUT2D eigenvalue weighted by molar-refractivity contribution is 9.09. The number of amides is 2. The maximum Gasteiger partial charge on any atom is 0.310 e. The Morgan fingerprint density at radius 3 is 2.79 bits per heavy atom. The molecular weight excluding hydrogens is 516 g/mol. The lowest BCUT2D eigenvalue weighted by Gasteiger charge is -2.37. The van der Waals surface area contributed by atoms with Crippen molar-refractivity contribution in [3.8, 4) is 0 Å². The molecule has 0 radical (unpaired) electrons. The van der Waals surface area contributed by atoms with Gasteiger partial charge in [0.2, 0.25) is 5.91 Å². The molecule has 8 nitrogen and oxygen atoms in total. The van der Waals surface area contributed by atoms with Crippen molar-refractivity contribution in [1.29, 1.82) is 0 Å². The predicted molar refractivity (Wildman–Crippen MR) is 125 cm³/mol. The number of aryl methyl sites for hydroxylation is 1. The van der Waals surface area contributed by atoms with Crippen LogP contribution in [-0.2, 0) is 19.1 Å². The molecule has 33 heavy (non-hydrogen) atoms. The average Bonchev–Trinajstić information content (AvgIpc) is 3.34. The summed E-state index contributed by atoms with van der Waals surface area (Å²) >= 11 is 10.00. The van der Waals surface area contributed by atoms with E-state index < -0.39 is 47.4 Å². The lowest BCUT2D eigenvalue weighted by molar-refractivity contribution is -0.149. The number of fused-ring (bicyclic) bond motifs is 1. The lowest BCUT2D eigenvalue weighted by atomic mass is 9.70. The molecule has 0 saturated carbocycles. The monoisotopic (exact) mass is 540 g/mol. The number of aliphatic hydroxyl groups excluding tert-OH is 1. The fourth-order valence-electron chi connectivity index (χ4n) is 5.71. The Labute approximate surface area is 205 Å². The van der Waals surface area contributed by atoms with E-state index in [0.29, 0.717) is 17.1 Å². The summed E-state index contributed by atoms with van der Waals surface area (Å²) in [6.45, 7) is 5.69. The number of aliphatic carboxylic acids is 1. The summed E-state index contributed by atoms with van der Waals surface area (Å²) < 4.78 is 6.25. The number of carbonyl (C=O) groups excluding carboxylic acids is 2. The van der Waals surface area contributed by atoms with E-state index in [0.717, 1.165) is 5.56 Å². The van der Waals surface area contributed by atoms with Gasteiger partial charge >= 0.3 is 5.97 Å². The third-order valence-electron chi connectivity index (χ3n) is 6.90. The van der Waals surface area contributed by atoms with Gasteiger partial charge in [-0.3, -0.25) is 14.4 Å². The number of anilines is 1. The molecule has 3 heterocycles. The number of carboxylic acids is 1. The number of nitrogens with zero attached hydrogens (tertiary/aromatic N) is 2. The molecule has 1 unspecified atom stereocenters. The van der Waals surface area contributed by atoms with Gasteiger partial charge in [0.15, 0.2) is 0 Å². The molecule has 2 bridgehead atoms. The van der Waals surface area contributed by atoms with Gasteiger partial charge in [-0.2, -0.15) is 0 Å². The average molecular weight is 542 g/mol. The Hall–Kier alpha value is -1.94. The first-order valence-corrected chi connectivity index (χ1v) is 12.1. The number of hydrogen-bond acceptors (Lipinski definition) is 5. The van der Waals surface area contributed by atoms with Gasteiger partial charge in [-0.05, 0) is 31.4 Å². The topological polar surface area (TPSA) is 107 Å². The first-order valence-electron chi connectivity index (χ1n) is 10.8. The number of alkyl halides is 1. The van der Waals surface area contributed by atoms with E-state index in [1.165, 1.54) is 9.80 Å². The van der Waals surface area contributed by atoms with Crippen molar-refractivity contribution in [3.63, 3.8) is 0 Å². The molecule has 3 aliphatic rings. The number of halogens is 2. The van der Waals surface area contributed by atoms with Crippen molar-refractivity contribution in [1.82, 2.24) is 4.90 Å². The number of carboxylic acid groups (broad SMARTS) is 1. The zero-order valence-corrected chi connectivity index (χ0v) is 20.5. The molecule has 3 aliphatic heterocycles. The van der Waals surface area contributed by atoms with Crippen LogP contribution in [0.15, 0.2) is 30.9 Å². The van der Waals surface area contributed by atoms with Crippen LogP contribution in [-0.4, -0.2) is 75.2 Å². The second kappa shape index (κ2) is 9.02. The number of ether oxygens (including phenoxy) is 1. The van der Waals surface area contributed by atoms with Gasteiger partial charge < -0.3 is 24.7 Å². The van der Waals surface area contributed by atoms with Gasteiger partial charge in [-0.1, -0.05) is 45.7 Å². The van der Waals surface area contributed by atoms with Crippen molar-refractivity contribution < 1.29 is 29.3 Å². The summed E-state index contributed by atoms with van der Waals surface area (Å²) in [7, 11) is 0. The summed E-state index contributed by atoms with van der Waals surface area (Å²) in [5.41, 5.74) is 0.00713. The third-order valence-corrected chi connectivity index (χ3v) is 8.05. The molecule has 1 spiro atoms. The minimum absolute atomic E-state index is 0.112. The Bertz CT molecular complexity index is 985. The van der Waals surface area contributed by atoms with Crippen LogP contribution in [0, 0.1) is 18.8 Å². The van der Waals surface area contributed by atoms with Crippen LogP contribution < -0.4 is 4.90 Å². The van der Waals surface area contributed by atoms with E-state index >= 15 is 0 Å². The highest BCUT2D eigenvalue weighted by Gasteiger charge is 2.76. The van der Waals surface area contributed by atoms with Crippen molar-refractivity contribution in [3.05, 3.63) is 41.4 Å². The number of hydrogen-bond donors (Lipinski definition) is 2. The normalized spacial score (nSPS) is 32.2. The summed E-state index contributed by atoms with van der Waals surface area (Å²) in [6.07, 6.45) is 1.45. The number of carbonyl (C=O) groups is 3. The Morgan fingerprint density at radius 2 is 2.18 bits per heavy atom. The van der Waals surface area contributed by atoms with E-state index in [-0.39, 0.29) is 30.9 Å². The van der Waals surface area contributed by atoms with E-state index in [1.54, 1.807) is 18.2 Å². The SMILES string of the molecule is C=CCN(C(=O)[C@@H]1N(CCCO)C(=O)[C@H]2[C@H](C(=O)O)[C@H]3O[C@@]12CC3Br)c1c(C)cccc1Cl. The van der Waals surface area contributed by atoms with Crippen molar-refractivity contribution >= 4 is 51.0 Å². The fraction of sp³-hybridized carbons (Fsp3) is 0.522. The van der Waals surface area contributed by atoms with Crippen molar-refractivity contribution in [2.45, 2.75) is 42.3 Å². The van der Waals surface area contributed by atoms with Gasteiger partial charge in [-0.15, -0.1) is 6.58 Å². The highest BCUT2D eigenvalue weighted by Crippen LogP contribution is 2.60. The summed E-state index contributed by atoms with van der Waals surface area (Å²) in [5, 5.41) is 19.7. The Morgan fingerprint density at radius 1 is 1.45 bits per heavy atom. The number of aliphatic hydroxyl groups is 1. The van der Waals surface area contributed by atoms with E-state index in [4.69, 9.17) is 16.3 Å². The molecule has 4 rings (SSSR count). The molecule has 10 heteroatoms. The largest absolute Gasteiger partial charge is 0.481 e. The van der Waals surface area contributed by atoms with Crippen LogP contribution in [0.4, 0.5) is 5.69 Å². The van der Waals surface area contributed by atoms with Gasteiger partial charge in [-0.25, -0.2) is 0 Å². The second-order valence-corrected chi connectivity index (χ2v) is 10.3. The third kappa shape index (κ3) is 3.60. The van der Waals surface area contributed by atoms with Crippen LogP contribution in [0.1, 0.15) is 18.4 Å². The lowest BCUT2D eigenvalue weighted by Crippen LogP contribution is -2.57. The first-order chi connectivity index (χ1) is 15.7. The van der Waals surface area contributed by atoms with Gasteiger partial charge in [0.1, 0.15) is 11.6 Å². The zero-order chi connectivity index (χ0) is 24.1. The number of likely N-dealkylation sites (tertiary alicyclic amines) is 1. The molecule has 2 N–H and O–H groups in total. The quantitative estimate of drug-likeness (QED) is 0.387. The molecular formula is C23H26BrClN2O6. The maximum absolute atomic E-state index is 14.2. The second-order valence-electron chi connectivity index (χ2n) is 8.75. The number of para-hydroxylation sites is 1. The first kappa shape index (κ1) is 24.2. The van der Waals surface area contributed by atoms with Crippen molar-refractivity contribution in [2.24, 2.45) is 11.8 Å². The number of rotatable bonds is 8. The summed E-state index contributed by atoms with van der Waals surface area (Å²) in [4.78, 5) is 42.4. The maximum atomic E-state index is 14.2. The Kier molecular flexibility index (Phi) is 6.61. The van der Waals surface area contributed by atoms with Crippen LogP contribution >= 0.6 is 27.5 Å². The van der Waals surface area contributed by atoms with E-state index in [2.05, 4.69) is 22.5 Å². The van der Waals surface area contributed by atoms with Crippen LogP contribution in [0.2, 0.25) is 5.02 Å². The standard InChI is InChI=1S/C23H26BrClN2O6/c1-3-8-26(17-12(2)6-4-7-14(17)25)21(30)19-23-11-13(24)18(33-23)15(22(31)32)16(23)20(29)27(19)9-5-10-28/h3-4,6-7,13,15-16,18-19,28H,1,5,8-11H2,2H3,(H,31,32)/t13?,15-,16+,18-,19-,23+/m0/s1. The molecule has 2 amide bonds. The molecule has 0 aliphatic carbocycles. The molecule has 1 aromatic rings. The van der Waals surface area contributed by atoms with Gasteiger partial charge in [0, 0.05) is 24.5 Å². The molecule has 178 valence electrons. The van der Waals surface area contributed by atoms with E-state index in [9.17, 15) is 24.6 Å². The molecule has 1 aromatic carbocycles. The zero-order valence-electron chi connectivity index (χ0n) is 18.1. The molecule has 0 aromatic heterocycles. The summed E-state index contributed by atoms with van der Waals surface area (Å²) in [5.74, 6) is -3.99. The van der Waals surface area contributed by atoms with Gasteiger partial charge in [0.05, 0.1) is 28.6 Å². The minimum Gasteiger partial charge on any atom is -0.481 e. The van der Waals surface area contributed by atoms with E-state index in [1.807, 2.05) is 13.0 Å². The van der Waals surface area contributed by atoms with Crippen LogP contribution in [0.3, 0.4) is 0 Å². The summed E-state index contributed by atoms with van der Waals surface area (Å²) in [6, 6.07) is 4.26. The van der Waals surface area contributed by atoms with Crippen LogP contribution in [0.25, 0.3) is 0 Å². The van der Waals surface area contributed by atoms with Crippen LogP contribution in [0.5, 0.6) is 0 Å². The smallest absolute Gasteiger partial charge is 0.310 e.